The Hall–Kier alpha value is -2.54. The maximum atomic E-state index is 9.60. The number of rotatable bonds is 7. The Morgan fingerprint density at radius 3 is 2.39 bits per heavy atom. The second-order valence-electron chi connectivity index (χ2n) is 7.52. The summed E-state index contributed by atoms with van der Waals surface area (Å²) in [5.74, 6) is 3.23. The van der Waals surface area contributed by atoms with E-state index in [1.165, 1.54) is 11.1 Å². The Bertz CT molecular complexity index is 826. The van der Waals surface area contributed by atoms with Crippen LogP contribution in [0.3, 0.4) is 0 Å². The zero-order valence-corrected chi connectivity index (χ0v) is 17.3. The summed E-state index contributed by atoms with van der Waals surface area (Å²) in [6.45, 7) is 7.75. The Kier molecular flexibility index (Phi) is 6.24. The molecule has 28 heavy (non-hydrogen) atoms. The molecule has 0 unspecified atom stereocenters. The van der Waals surface area contributed by atoms with E-state index in [1.54, 1.807) is 14.2 Å². The van der Waals surface area contributed by atoms with E-state index in [2.05, 4.69) is 35.1 Å². The van der Waals surface area contributed by atoms with E-state index in [1.807, 2.05) is 19.1 Å². The van der Waals surface area contributed by atoms with Crippen LogP contribution in [0.15, 0.2) is 18.2 Å². The van der Waals surface area contributed by atoms with Gasteiger partial charge in [0, 0.05) is 24.8 Å². The van der Waals surface area contributed by atoms with E-state index in [0.29, 0.717) is 5.95 Å². The number of hydrogen-bond acceptors (Lipinski definition) is 7. The van der Waals surface area contributed by atoms with Crippen LogP contribution in [0.2, 0.25) is 0 Å². The monoisotopic (exact) mass is 386 g/mol. The van der Waals surface area contributed by atoms with Crippen molar-refractivity contribution in [2.45, 2.75) is 39.8 Å². The highest BCUT2D eigenvalue weighted by molar-refractivity contribution is 5.53. The molecule has 0 saturated heterocycles. The van der Waals surface area contributed by atoms with E-state index >= 15 is 0 Å². The van der Waals surface area contributed by atoms with Gasteiger partial charge in [0.05, 0.1) is 26.9 Å². The van der Waals surface area contributed by atoms with Gasteiger partial charge in [0.2, 0.25) is 5.95 Å². The first-order chi connectivity index (χ1) is 13.4. The SMILES string of the molecule is COc1cc2c(cc1OC)CN(c1cc(C)nc(N[C@H](CO)C(C)C)n1)CC2. The lowest BCUT2D eigenvalue weighted by molar-refractivity contribution is 0.248. The van der Waals surface area contributed by atoms with Gasteiger partial charge in [-0.3, -0.25) is 0 Å². The van der Waals surface area contributed by atoms with Crippen LogP contribution in [0.4, 0.5) is 11.8 Å². The fourth-order valence-corrected chi connectivity index (χ4v) is 3.45. The van der Waals surface area contributed by atoms with Crippen molar-refractivity contribution < 1.29 is 14.6 Å². The van der Waals surface area contributed by atoms with E-state index in [9.17, 15) is 5.11 Å². The van der Waals surface area contributed by atoms with Crippen molar-refractivity contribution in [2.75, 3.05) is 37.6 Å². The van der Waals surface area contributed by atoms with Crippen LogP contribution >= 0.6 is 0 Å². The summed E-state index contributed by atoms with van der Waals surface area (Å²) >= 11 is 0. The molecular formula is C21H30N4O3. The zero-order valence-electron chi connectivity index (χ0n) is 17.3. The van der Waals surface area contributed by atoms with Gasteiger partial charge in [-0.1, -0.05) is 13.8 Å². The maximum Gasteiger partial charge on any atom is 0.225 e. The van der Waals surface area contributed by atoms with Crippen LogP contribution in [-0.4, -0.2) is 48.5 Å². The normalized spacial score (nSPS) is 14.6. The standard InChI is InChI=1S/C21H30N4O3/c1-13(2)17(12-26)23-21-22-14(3)8-20(24-21)25-7-6-15-9-18(27-4)19(28-5)10-16(15)11-25/h8-10,13,17,26H,6-7,11-12H2,1-5H3,(H,22,23,24)/t17-/m1/s1. The second-order valence-corrected chi connectivity index (χ2v) is 7.52. The first-order valence-electron chi connectivity index (χ1n) is 9.67. The lowest BCUT2D eigenvalue weighted by Crippen LogP contribution is -2.33. The summed E-state index contributed by atoms with van der Waals surface area (Å²) in [7, 11) is 3.32. The van der Waals surface area contributed by atoms with Crippen molar-refractivity contribution in [3.8, 4) is 11.5 Å². The van der Waals surface area contributed by atoms with Crippen LogP contribution in [0, 0.1) is 12.8 Å². The highest BCUT2D eigenvalue weighted by atomic mass is 16.5. The first kappa shape index (κ1) is 20.2. The number of methoxy groups -OCH3 is 2. The molecule has 0 aliphatic carbocycles. The van der Waals surface area contributed by atoms with Gasteiger partial charge in [0.1, 0.15) is 5.82 Å². The quantitative estimate of drug-likeness (QED) is 0.757. The van der Waals surface area contributed by atoms with Gasteiger partial charge in [0.25, 0.3) is 0 Å². The molecule has 2 aromatic rings. The number of aryl methyl sites for hydroxylation is 1. The molecule has 7 nitrogen and oxygen atoms in total. The molecule has 2 heterocycles. The Morgan fingerprint density at radius 1 is 1.11 bits per heavy atom. The van der Waals surface area contributed by atoms with E-state index < -0.39 is 0 Å². The number of nitrogens with one attached hydrogen (secondary N) is 1. The van der Waals surface area contributed by atoms with Gasteiger partial charge in [-0.25, -0.2) is 4.98 Å². The fraction of sp³-hybridized carbons (Fsp3) is 0.524. The number of fused-ring (bicyclic) bond motifs is 1. The second kappa shape index (κ2) is 8.65. The van der Waals surface area contributed by atoms with E-state index in [-0.39, 0.29) is 18.6 Å². The minimum absolute atomic E-state index is 0.0447. The summed E-state index contributed by atoms with van der Waals surface area (Å²) in [4.78, 5) is 11.5. The van der Waals surface area contributed by atoms with Gasteiger partial charge in [-0.05, 0) is 42.5 Å². The number of aliphatic hydroxyl groups excluding tert-OH is 1. The van der Waals surface area contributed by atoms with Gasteiger partial charge in [-0.15, -0.1) is 0 Å². The van der Waals surface area contributed by atoms with Gasteiger partial charge >= 0.3 is 0 Å². The van der Waals surface area contributed by atoms with Crippen molar-refractivity contribution in [2.24, 2.45) is 5.92 Å². The Morgan fingerprint density at radius 2 is 1.79 bits per heavy atom. The fourth-order valence-electron chi connectivity index (χ4n) is 3.45. The number of ether oxygens (including phenoxy) is 2. The number of anilines is 2. The average molecular weight is 386 g/mol. The molecule has 152 valence electrons. The third-order valence-corrected chi connectivity index (χ3v) is 5.20. The minimum atomic E-state index is -0.0755. The molecule has 0 fully saturated rings. The summed E-state index contributed by atoms with van der Waals surface area (Å²) in [6.07, 6.45) is 0.909. The first-order valence-corrected chi connectivity index (χ1v) is 9.67. The van der Waals surface area contributed by atoms with Gasteiger partial charge in [0.15, 0.2) is 11.5 Å². The maximum absolute atomic E-state index is 9.60. The highest BCUT2D eigenvalue weighted by Crippen LogP contribution is 2.34. The predicted octanol–water partition coefficient (Wildman–Crippen LogP) is 2.79. The zero-order chi connectivity index (χ0) is 20.3. The Labute approximate surface area is 166 Å². The van der Waals surface area contributed by atoms with Crippen LogP contribution in [-0.2, 0) is 13.0 Å². The van der Waals surface area contributed by atoms with Gasteiger partial charge in [-0.2, -0.15) is 4.98 Å². The lowest BCUT2D eigenvalue weighted by Gasteiger charge is -2.31. The number of aromatic nitrogens is 2. The lowest BCUT2D eigenvalue weighted by atomic mass is 9.99. The van der Waals surface area contributed by atoms with Crippen LogP contribution < -0.4 is 19.7 Å². The van der Waals surface area contributed by atoms with Crippen molar-refractivity contribution in [1.82, 2.24) is 9.97 Å². The minimum Gasteiger partial charge on any atom is -0.493 e. The molecule has 2 N–H and O–H groups in total. The topological polar surface area (TPSA) is 79.7 Å². The molecule has 1 aliphatic heterocycles. The van der Waals surface area contributed by atoms with Crippen molar-refractivity contribution >= 4 is 11.8 Å². The largest absolute Gasteiger partial charge is 0.493 e. The molecule has 0 radical (unpaired) electrons. The van der Waals surface area contributed by atoms with Crippen LogP contribution in [0.25, 0.3) is 0 Å². The molecule has 0 amide bonds. The molecule has 7 heteroatoms. The molecule has 0 spiro atoms. The Balaban J connectivity index is 1.85. The number of benzene rings is 1. The van der Waals surface area contributed by atoms with Gasteiger partial charge < -0.3 is 24.8 Å². The summed E-state index contributed by atoms with van der Waals surface area (Å²) in [6, 6.07) is 6.04. The van der Waals surface area contributed by atoms with Crippen molar-refractivity contribution in [3.05, 3.63) is 35.0 Å². The smallest absolute Gasteiger partial charge is 0.225 e. The molecule has 1 atom stereocenters. The highest BCUT2D eigenvalue weighted by Gasteiger charge is 2.22. The summed E-state index contributed by atoms with van der Waals surface area (Å²) < 4.78 is 10.9. The van der Waals surface area contributed by atoms with Crippen molar-refractivity contribution in [1.29, 1.82) is 0 Å². The molecule has 1 aromatic heterocycles. The molecule has 1 aliphatic rings. The third-order valence-electron chi connectivity index (χ3n) is 5.20. The van der Waals surface area contributed by atoms with Crippen molar-refractivity contribution in [3.63, 3.8) is 0 Å². The third kappa shape index (κ3) is 4.30. The molecular weight excluding hydrogens is 356 g/mol. The predicted molar refractivity (Wildman–Crippen MR) is 110 cm³/mol. The van der Waals surface area contributed by atoms with Crippen LogP contribution in [0.5, 0.6) is 11.5 Å². The number of hydrogen-bond donors (Lipinski definition) is 2. The number of aliphatic hydroxyl groups is 1. The summed E-state index contributed by atoms with van der Waals surface area (Å²) in [5, 5.41) is 12.9. The number of nitrogens with zero attached hydrogens (tertiary/aromatic N) is 3. The van der Waals surface area contributed by atoms with E-state index in [0.717, 1.165) is 42.5 Å². The molecule has 0 saturated carbocycles. The van der Waals surface area contributed by atoms with Crippen LogP contribution in [0.1, 0.15) is 30.7 Å². The summed E-state index contributed by atoms with van der Waals surface area (Å²) in [5.41, 5.74) is 3.38. The van der Waals surface area contributed by atoms with E-state index in [4.69, 9.17) is 14.5 Å². The molecule has 1 aromatic carbocycles. The molecule has 0 bridgehead atoms. The average Bonchev–Trinajstić information content (AvgIpc) is 2.69. The molecule has 3 rings (SSSR count).